The Balaban J connectivity index is 2.02. The molecule has 0 fully saturated rings. The van der Waals surface area contributed by atoms with E-state index in [1.807, 2.05) is 11.5 Å². The van der Waals surface area contributed by atoms with E-state index in [0.717, 1.165) is 30.8 Å². The average molecular weight is 309 g/mol. The Labute approximate surface area is 135 Å². The molecule has 118 valence electrons. The van der Waals surface area contributed by atoms with Gasteiger partial charge in [-0.1, -0.05) is 0 Å². The minimum atomic E-state index is -0.926. The second-order valence-electron chi connectivity index (χ2n) is 6.08. The number of aryl methyl sites for hydroxylation is 3. The maximum absolute atomic E-state index is 12.9. The van der Waals surface area contributed by atoms with Crippen LogP contribution in [0.5, 0.6) is 0 Å². The summed E-state index contributed by atoms with van der Waals surface area (Å²) < 4.78 is 1.98. The number of carbonyl (C=O) groups excluding carboxylic acids is 1. The summed E-state index contributed by atoms with van der Waals surface area (Å²) in [7, 11) is 0. The lowest BCUT2D eigenvalue weighted by atomic mass is 9.97. The molecule has 1 aliphatic rings. The second-order valence-corrected chi connectivity index (χ2v) is 6.08. The van der Waals surface area contributed by atoms with Crippen molar-refractivity contribution in [1.82, 2.24) is 19.5 Å². The van der Waals surface area contributed by atoms with E-state index in [2.05, 4.69) is 27.9 Å². The van der Waals surface area contributed by atoms with Gasteiger partial charge in [-0.3, -0.25) is 4.79 Å². The van der Waals surface area contributed by atoms with Crippen LogP contribution in [-0.2, 0) is 6.42 Å². The quantitative estimate of drug-likeness (QED) is 0.814. The van der Waals surface area contributed by atoms with Crippen molar-refractivity contribution in [2.75, 3.05) is 0 Å². The van der Waals surface area contributed by atoms with Crippen LogP contribution >= 0.6 is 0 Å². The normalized spacial score (nSPS) is 18.1. The molecule has 0 saturated carbocycles. The summed E-state index contributed by atoms with van der Waals surface area (Å²) in [6.45, 7) is 5.68. The molecule has 2 aromatic heterocycles. The topological polar surface area (TPSA) is 84.5 Å². The number of rotatable bonds is 3. The number of nitriles is 1. The number of carbonyl (C=O) groups is 1. The third-order valence-electron chi connectivity index (χ3n) is 4.26. The Morgan fingerprint density at radius 1 is 1.43 bits per heavy atom. The van der Waals surface area contributed by atoms with Crippen LogP contribution in [0.1, 0.15) is 65.3 Å². The molecular weight excluding hydrogens is 290 g/mol. The Bertz CT molecular complexity index is 782. The van der Waals surface area contributed by atoms with E-state index < -0.39 is 5.92 Å². The summed E-state index contributed by atoms with van der Waals surface area (Å²) in [6.07, 6.45) is 4.58. The zero-order chi connectivity index (χ0) is 16.6. The molecule has 0 saturated heterocycles. The van der Waals surface area contributed by atoms with Crippen molar-refractivity contribution in [3.63, 3.8) is 0 Å². The Hall–Kier alpha value is -2.55. The summed E-state index contributed by atoms with van der Waals surface area (Å²) in [5.74, 6) is 0.332. The minimum absolute atomic E-state index is 0.230. The van der Waals surface area contributed by atoms with Crippen LogP contribution in [0.25, 0.3) is 0 Å². The Morgan fingerprint density at radius 2 is 2.22 bits per heavy atom. The highest BCUT2D eigenvalue weighted by Crippen LogP contribution is 2.28. The molecule has 23 heavy (non-hydrogen) atoms. The molecule has 0 aliphatic carbocycles. The van der Waals surface area contributed by atoms with Crippen molar-refractivity contribution >= 4 is 5.78 Å². The van der Waals surface area contributed by atoms with Gasteiger partial charge in [-0.25, -0.2) is 15.0 Å². The maximum Gasteiger partial charge on any atom is 0.204 e. The van der Waals surface area contributed by atoms with Gasteiger partial charge in [-0.15, -0.1) is 0 Å². The highest BCUT2D eigenvalue weighted by atomic mass is 16.1. The van der Waals surface area contributed by atoms with Gasteiger partial charge in [0.05, 0.1) is 18.0 Å². The molecule has 0 N–H and O–H groups in total. The predicted molar refractivity (Wildman–Crippen MR) is 84.1 cm³/mol. The van der Waals surface area contributed by atoms with Crippen LogP contribution in [0.2, 0.25) is 0 Å². The number of imidazole rings is 1. The van der Waals surface area contributed by atoms with Crippen LogP contribution in [0.4, 0.5) is 0 Å². The van der Waals surface area contributed by atoms with E-state index in [0.29, 0.717) is 17.2 Å². The number of aromatic nitrogens is 4. The van der Waals surface area contributed by atoms with Gasteiger partial charge in [-0.2, -0.15) is 5.26 Å². The molecule has 6 heteroatoms. The monoisotopic (exact) mass is 309 g/mol. The van der Waals surface area contributed by atoms with E-state index in [-0.39, 0.29) is 11.8 Å². The second kappa shape index (κ2) is 5.92. The van der Waals surface area contributed by atoms with E-state index in [1.54, 1.807) is 19.2 Å². The summed E-state index contributed by atoms with van der Waals surface area (Å²) in [4.78, 5) is 25.8. The third-order valence-corrected chi connectivity index (χ3v) is 4.26. The number of nitrogens with zero attached hydrogens (tertiary/aromatic N) is 5. The van der Waals surface area contributed by atoms with Gasteiger partial charge in [-0.05, 0) is 39.7 Å². The average Bonchev–Trinajstić information content (AvgIpc) is 2.92. The van der Waals surface area contributed by atoms with E-state index in [1.165, 1.54) is 0 Å². The first-order valence-electron chi connectivity index (χ1n) is 7.83. The largest absolute Gasteiger partial charge is 0.323 e. The summed E-state index contributed by atoms with van der Waals surface area (Å²) >= 11 is 0. The lowest BCUT2D eigenvalue weighted by molar-refractivity contribution is 0.0965. The zero-order valence-corrected chi connectivity index (χ0v) is 13.6. The summed E-state index contributed by atoms with van der Waals surface area (Å²) in [5.41, 5.74) is 1.72. The van der Waals surface area contributed by atoms with E-state index in [9.17, 15) is 10.1 Å². The first-order chi connectivity index (χ1) is 11.0. The van der Waals surface area contributed by atoms with Crippen molar-refractivity contribution in [2.24, 2.45) is 0 Å². The summed E-state index contributed by atoms with van der Waals surface area (Å²) in [6, 6.07) is 4.04. The molecule has 0 unspecified atom stereocenters. The lowest BCUT2D eigenvalue weighted by Gasteiger charge is -2.24. The molecule has 2 atom stereocenters. The van der Waals surface area contributed by atoms with Gasteiger partial charge in [0.25, 0.3) is 0 Å². The molecule has 2 aromatic rings. The standard InChI is InChI=1S/C17H19N5O/c1-10-7-14(21-12(3)20-10)13(8-18)17(23)15-9-19-16-6-4-5-11(2)22(15)16/h7,9,11,13H,4-6H2,1-3H3/t11-,13-/m0/s1. The highest BCUT2D eigenvalue weighted by molar-refractivity contribution is 6.01. The number of ketones is 1. The molecule has 0 bridgehead atoms. The SMILES string of the molecule is Cc1cc([C@H](C#N)C(=O)c2cnc3n2[C@@H](C)CCC3)nc(C)n1. The van der Waals surface area contributed by atoms with Crippen molar-refractivity contribution in [2.45, 2.75) is 52.0 Å². The zero-order valence-electron chi connectivity index (χ0n) is 13.6. The Morgan fingerprint density at radius 3 is 2.91 bits per heavy atom. The third kappa shape index (κ3) is 2.74. The maximum atomic E-state index is 12.9. The number of hydrogen-bond donors (Lipinski definition) is 0. The van der Waals surface area contributed by atoms with E-state index in [4.69, 9.17) is 0 Å². The number of fused-ring (bicyclic) bond motifs is 1. The van der Waals surface area contributed by atoms with Crippen LogP contribution < -0.4 is 0 Å². The fraction of sp³-hybridized carbons (Fsp3) is 0.471. The minimum Gasteiger partial charge on any atom is -0.323 e. The van der Waals surface area contributed by atoms with Crippen molar-refractivity contribution in [3.05, 3.63) is 41.0 Å². The van der Waals surface area contributed by atoms with E-state index >= 15 is 0 Å². The van der Waals surface area contributed by atoms with Crippen LogP contribution in [-0.4, -0.2) is 25.3 Å². The lowest BCUT2D eigenvalue weighted by Crippen LogP contribution is -2.23. The van der Waals surface area contributed by atoms with Crippen molar-refractivity contribution in [1.29, 1.82) is 5.26 Å². The molecule has 1 aliphatic heterocycles. The van der Waals surface area contributed by atoms with Gasteiger partial charge in [0, 0.05) is 18.2 Å². The van der Waals surface area contributed by atoms with Gasteiger partial charge in [0.15, 0.2) is 5.92 Å². The predicted octanol–water partition coefficient (Wildman–Crippen LogP) is 2.68. The van der Waals surface area contributed by atoms with Crippen LogP contribution in [0.15, 0.2) is 12.3 Å². The van der Waals surface area contributed by atoms with Gasteiger partial charge in [0.1, 0.15) is 17.3 Å². The fourth-order valence-electron chi connectivity index (χ4n) is 3.24. The van der Waals surface area contributed by atoms with Gasteiger partial charge in [0.2, 0.25) is 5.78 Å². The molecule has 3 rings (SSSR count). The molecular formula is C17H19N5O. The van der Waals surface area contributed by atoms with Crippen molar-refractivity contribution in [3.8, 4) is 6.07 Å². The molecule has 0 radical (unpaired) electrons. The van der Waals surface area contributed by atoms with Crippen LogP contribution in [0, 0.1) is 25.2 Å². The smallest absolute Gasteiger partial charge is 0.204 e. The highest BCUT2D eigenvalue weighted by Gasteiger charge is 2.30. The fourth-order valence-corrected chi connectivity index (χ4v) is 3.24. The number of hydrogen-bond acceptors (Lipinski definition) is 5. The first kappa shape index (κ1) is 15.3. The molecule has 0 aromatic carbocycles. The number of Topliss-reactive ketones (excluding diaryl/α,β-unsaturated/α-hetero) is 1. The molecule has 0 spiro atoms. The molecule has 0 amide bonds. The Kier molecular flexibility index (Phi) is 3.95. The van der Waals surface area contributed by atoms with Crippen molar-refractivity contribution < 1.29 is 4.79 Å². The first-order valence-corrected chi connectivity index (χ1v) is 7.83. The van der Waals surface area contributed by atoms with Crippen LogP contribution in [0.3, 0.4) is 0 Å². The van der Waals surface area contributed by atoms with Gasteiger partial charge < -0.3 is 4.57 Å². The van der Waals surface area contributed by atoms with Gasteiger partial charge >= 0.3 is 0 Å². The molecule has 6 nitrogen and oxygen atoms in total. The summed E-state index contributed by atoms with van der Waals surface area (Å²) in [5, 5.41) is 9.54. The molecule has 3 heterocycles.